The van der Waals surface area contributed by atoms with Crippen LogP contribution in [0.5, 0.6) is 0 Å². The lowest BCUT2D eigenvalue weighted by Crippen LogP contribution is -2.47. The van der Waals surface area contributed by atoms with E-state index in [1.54, 1.807) is 11.8 Å². The summed E-state index contributed by atoms with van der Waals surface area (Å²) in [5, 5.41) is 2.44. The first-order valence-corrected chi connectivity index (χ1v) is 10.7. The summed E-state index contributed by atoms with van der Waals surface area (Å²) in [6, 6.07) is 17.2. The molecule has 0 fully saturated rings. The molecular formula is C21H26N2O2S2. The second kappa shape index (κ2) is 11.2. The van der Waals surface area contributed by atoms with Gasteiger partial charge < -0.3 is 5.73 Å². The summed E-state index contributed by atoms with van der Waals surface area (Å²) in [6.07, 6.45) is 0.543. The predicted molar refractivity (Wildman–Crippen MR) is 116 cm³/mol. The first-order chi connectivity index (χ1) is 13.0. The Labute approximate surface area is 170 Å². The topological polar surface area (TPSA) is 72.2 Å². The standard InChI is InChI=1S/C21H26N2O2S2/c1-15-7-9-17(10-8-15)13-27-14-19(22)21(25)23-20(24)18(12-26)11-16-5-3-2-4-6-16/h2-10,18-19,26H,11-14,22H2,1H3,(H,23,24,25)/t18?,19-/m0/s1. The monoisotopic (exact) mass is 402 g/mol. The summed E-state index contributed by atoms with van der Waals surface area (Å²) in [5.41, 5.74) is 9.39. The number of rotatable bonds is 9. The molecule has 144 valence electrons. The molecule has 4 nitrogen and oxygen atoms in total. The quantitative estimate of drug-likeness (QED) is 0.564. The maximum absolute atomic E-state index is 12.4. The van der Waals surface area contributed by atoms with Crippen molar-refractivity contribution in [2.75, 3.05) is 11.5 Å². The highest BCUT2D eigenvalue weighted by atomic mass is 32.2. The highest BCUT2D eigenvalue weighted by Gasteiger charge is 2.22. The zero-order chi connectivity index (χ0) is 19.6. The minimum Gasteiger partial charge on any atom is -0.319 e. The Hall–Kier alpha value is -1.76. The zero-order valence-corrected chi connectivity index (χ0v) is 17.1. The molecule has 2 amide bonds. The van der Waals surface area contributed by atoms with E-state index in [4.69, 9.17) is 5.73 Å². The van der Waals surface area contributed by atoms with E-state index >= 15 is 0 Å². The molecule has 0 aliphatic heterocycles. The smallest absolute Gasteiger partial charge is 0.244 e. The van der Waals surface area contributed by atoms with Crippen LogP contribution < -0.4 is 11.1 Å². The van der Waals surface area contributed by atoms with E-state index in [9.17, 15) is 9.59 Å². The van der Waals surface area contributed by atoms with Gasteiger partial charge in [0.05, 0.1) is 12.0 Å². The molecule has 1 unspecified atom stereocenters. The molecule has 3 N–H and O–H groups in total. The number of hydrogen-bond acceptors (Lipinski definition) is 5. The van der Waals surface area contributed by atoms with E-state index in [0.717, 1.165) is 11.3 Å². The third-order valence-electron chi connectivity index (χ3n) is 4.19. The van der Waals surface area contributed by atoms with Crippen molar-refractivity contribution < 1.29 is 9.59 Å². The van der Waals surface area contributed by atoms with Crippen LogP contribution in [0, 0.1) is 12.8 Å². The van der Waals surface area contributed by atoms with Gasteiger partial charge in [0.1, 0.15) is 0 Å². The number of amides is 2. The molecule has 0 aliphatic rings. The molecule has 0 spiro atoms. The maximum atomic E-state index is 12.4. The summed E-state index contributed by atoms with van der Waals surface area (Å²) in [6.45, 7) is 2.05. The fourth-order valence-electron chi connectivity index (χ4n) is 2.52. The van der Waals surface area contributed by atoms with Crippen molar-refractivity contribution in [1.29, 1.82) is 0 Å². The van der Waals surface area contributed by atoms with Gasteiger partial charge in [-0.05, 0) is 24.5 Å². The Morgan fingerprint density at radius 2 is 1.70 bits per heavy atom. The molecule has 2 aromatic rings. The lowest BCUT2D eigenvalue weighted by molar-refractivity contribution is -0.132. The number of nitrogens with one attached hydrogen (secondary N) is 1. The van der Waals surface area contributed by atoms with E-state index in [1.807, 2.05) is 37.3 Å². The highest BCUT2D eigenvalue weighted by Crippen LogP contribution is 2.14. The molecule has 0 heterocycles. The molecule has 27 heavy (non-hydrogen) atoms. The third kappa shape index (κ3) is 7.40. The van der Waals surface area contributed by atoms with Crippen LogP contribution in [0.4, 0.5) is 0 Å². The number of aryl methyl sites for hydroxylation is 1. The van der Waals surface area contributed by atoms with Gasteiger partial charge in [-0.2, -0.15) is 24.4 Å². The first kappa shape index (κ1) is 21.5. The third-order valence-corrected chi connectivity index (χ3v) is 5.76. The maximum Gasteiger partial charge on any atom is 0.244 e. The molecule has 2 rings (SSSR count). The lowest BCUT2D eigenvalue weighted by atomic mass is 10.00. The van der Waals surface area contributed by atoms with Crippen molar-refractivity contribution in [3.05, 3.63) is 71.3 Å². The largest absolute Gasteiger partial charge is 0.319 e. The SMILES string of the molecule is Cc1ccc(CSC[C@H](N)C(=O)NC(=O)C(CS)Cc2ccccc2)cc1. The second-order valence-electron chi connectivity index (χ2n) is 6.53. The second-order valence-corrected chi connectivity index (χ2v) is 7.93. The Morgan fingerprint density at radius 1 is 1.04 bits per heavy atom. The number of benzene rings is 2. The molecule has 2 atom stereocenters. The molecule has 0 aromatic heterocycles. The summed E-state index contributed by atoms with van der Waals surface area (Å²) in [5.74, 6) is 0.478. The van der Waals surface area contributed by atoms with Gasteiger partial charge in [-0.3, -0.25) is 14.9 Å². The van der Waals surface area contributed by atoms with Crippen LogP contribution in [-0.4, -0.2) is 29.4 Å². The van der Waals surface area contributed by atoms with Gasteiger partial charge in [0.15, 0.2) is 0 Å². The van der Waals surface area contributed by atoms with E-state index < -0.39 is 11.9 Å². The van der Waals surface area contributed by atoms with Gasteiger partial charge in [-0.15, -0.1) is 0 Å². The minimum atomic E-state index is -0.721. The summed E-state index contributed by atoms with van der Waals surface area (Å²) in [7, 11) is 0. The Kier molecular flexibility index (Phi) is 8.91. The van der Waals surface area contributed by atoms with Crippen molar-refractivity contribution in [3.63, 3.8) is 0 Å². The Morgan fingerprint density at radius 3 is 2.33 bits per heavy atom. The molecule has 0 aliphatic carbocycles. The summed E-state index contributed by atoms with van der Waals surface area (Å²) in [4.78, 5) is 24.6. The minimum absolute atomic E-state index is 0.321. The number of thiol groups is 1. The van der Waals surface area contributed by atoms with E-state index in [-0.39, 0.29) is 11.8 Å². The summed E-state index contributed by atoms with van der Waals surface area (Å²) < 4.78 is 0. The number of hydrogen-bond donors (Lipinski definition) is 3. The van der Waals surface area contributed by atoms with Crippen LogP contribution >= 0.6 is 24.4 Å². The van der Waals surface area contributed by atoms with E-state index in [2.05, 4.69) is 42.2 Å². The summed E-state index contributed by atoms with van der Waals surface area (Å²) >= 11 is 5.84. The van der Waals surface area contributed by atoms with Gasteiger partial charge in [0, 0.05) is 17.3 Å². The number of carbonyl (C=O) groups is 2. The molecule has 2 aromatic carbocycles. The van der Waals surface area contributed by atoms with Crippen LogP contribution in [-0.2, 0) is 21.8 Å². The van der Waals surface area contributed by atoms with Gasteiger partial charge in [0.25, 0.3) is 0 Å². The van der Waals surface area contributed by atoms with Crippen LogP contribution in [0.2, 0.25) is 0 Å². The fourth-order valence-corrected chi connectivity index (χ4v) is 3.76. The normalized spacial score (nSPS) is 13.0. The molecular weight excluding hydrogens is 376 g/mol. The number of nitrogens with two attached hydrogens (primary N) is 1. The van der Waals surface area contributed by atoms with Gasteiger partial charge in [0.2, 0.25) is 11.8 Å². The molecule has 0 radical (unpaired) electrons. The van der Waals surface area contributed by atoms with E-state index in [0.29, 0.717) is 17.9 Å². The first-order valence-electron chi connectivity index (χ1n) is 8.88. The number of thioether (sulfide) groups is 1. The Bertz CT molecular complexity index is 736. The highest BCUT2D eigenvalue weighted by molar-refractivity contribution is 7.98. The molecule has 0 saturated heterocycles. The van der Waals surface area contributed by atoms with Crippen molar-refractivity contribution in [2.24, 2.45) is 11.7 Å². The molecule has 6 heteroatoms. The van der Waals surface area contributed by atoms with Crippen molar-refractivity contribution >= 4 is 36.2 Å². The zero-order valence-electron chi connectivity index (χ0n) is 15.4. The predicted octanol–water partition coefficient (Wildman–Crippen LogP) is 2.99. The van der Waals surface area contributed by atoms with Crippen molar-refractivity contribution in [2.45, 2.75) is 25.1 Å². The lowest BCUT2D eigenvalue weighted by Gasteiger charge is -2.16. The van der Waals surface area contributed by atoms with Gasteiger partial charge in [-0.25, -0.2) is 0 Å². The Balaban J connectivity index is 1.77. The average molecular weight is 403 g/mol. The average Bonchev–Trinajstić information content (AvgIpc) is 2.68. The molecule has 0 saturated carbocycles. The van der Waals surface area contributed by atoms with Gasteiger partial charge in [-0.1, -0.05) is 60.2 Å². The van der Waals surface area contributed by atoms with Crippen LogP contribution in [0.1, 0.15) is 16.7 Å². The van der Waals surface area contributed by atoms with Gasteiger partial charge >= 0.3 is 0 Å². The van der Waals surface area contributed by atoms with E-state index in [1.165, 1.54) is 11.1 Å². The fraction of sp³-hybridized carbons (Fsp3) is 0.333. The van der Waals surface area contributed by atoms with Crippen LogP contribution in [0.15, 0.2) is 54.6 Å². The van der Waals surface area contributed by atoms with Crippen molar-refractivity contribution in [1.82, 2.24) is 5.32 Å². The van der Waals surface area contributed by atoms with Crippen molar-refractivity contribution in [3.8, 4) is 0 Å². The van der Waals surface area contributed by atoms with Crippen LogP contribution in [0.3, 0.4) is 0 Å². The number of imide groups is 1. The molecule has 0 bridgehead atoms. The number of carbonyl (C=O) groups excluding carboxylic acids is 2. The van der Waals surface area contributed by atoms with Crippen LogP contribution in [0.25, 0.3) is 0 Å².